The zero-order valence-corrected chi connectivity index (χ0v) is 22.1. The quantitative estimate of drug-likeness (QED) is 0.228. The van der Waals surface area contributed by atoms with E-state index >= 15 is 0 Å². The van der Waals surface area contributed by atoms with Gasteiger partial charge in [-0.25, -0.2) is 0 Å². The molecule has 0 aromatic heterocycles. The van der Waals surface area contributed by atoms with Gasteiger partial charge in [0.2, 0.25) is 0 Å². The third-order valence-electron chi connectivity index (χ3n) is 8.27. The minimum Gasteiger partial charge on any atom is -0.310 e. The second kappa shape index (κ2) is 9.25. The average molecular weight is 510 g/mol. The lowest BCUT2D eigenvalue weighted by Crippen LogP contribution is -2.10. The fourth-order valence-corrected chi connectivity index (χ4v) is 6.35. The standard InChI is InChI=1S/C39H27N/c1-4-14-34-27(9-1)12-7-17-35(34)29-19-22-32(23-20-29)40(39-18-8-13-28-10-2-6-16-37(28)39)33-24-21-31-25-30-11-3-5-15-36(30)38(31)26-33/h1-24,26H,25H2. The van der Waals surface area contributed by atoms with Gasteiger partial charge in [-0.3, -0.25) is 0 Å². The fourth-order valence-electron chi connectivity index (χ4n) is 6.35. The molecule has 0 saturated heterocycles. The average Bonchev–Trinajstić information content (AvgIpc) is 3.40. The van der Waals surface area contributed by atoms with Crippen molar-refractivity contribution >= 4 is 38.6 Å². The maximum atomic E-state index is 2.41. The number of anilines is 3. The van der Waals surface area contributed by atoms with Gasteiger partial charge in [0, 0.05) is 16.8 Å². The van der Waals surface area contributed by atoms with E-state index in [1.165, 1.54) is 66.3 Å². The monoisotopic (exact) mass is 509 g/mol. The van der Waals surface area contributed by atoms with Crippen LogP contribution in [0.1, 0.15) is 11.1 Å². The third-order valence-corrected chi connectivity index (χ3v) is 8.27. The molecule has 1 aliphatic rings. The van der Waals surface area contributed by atoms with Crippen molar-refractivity contribution in [2.45, 2.75) is 6.42 Å². The van der Waals surface area contributed by atoms with E-state index in [9.17, 15) is 0 Å². The Labute approximate surface area is 234 Å². The molecule has 0 radical (unpaired) electrons. The van der Waals surface area contributed by atoms with E-state index < -0.39 is 0 Å². The molecule has 0 amide bonds. The number of fused-ring (bicyclic) bond motifs is 5. The third kappa shape index (κ3) is 3.71. The fraction of sp³-hybridized carbons (Fsp3) is 0.0256. The summed E-state index contributed by atoms with van der Waals surface area (Å²) in [5.41, 5.74) is 11.5. The summed E-state index contributed by atoms with van der Waals surface area (Å²) in [6, 6.07) is 55.3. The van der Waals surface area contributed by atoms with Gasteiger partial charge < -0.3 is 4.90 Å². The van der Waals surface area contributed by atoms with Crippen LogP contribution in [-0.4, -0.2) is 0 Å². The summed E-state index contributed by atoms with van der Waals surface area (Å²) in [6.45, 7) is 0. The molecule has 7 aromatic rings. The molecule has 40 heavy (non-hydrogen) atoms. The molecule has 0 bridgehead atoms. The largest absolute Gasteiger partial charge is 0.310 e. The van der Waals surface area contributed by atoms with Gasteiger partial charge in [-0.05, 0) is 86.3 Å². The molecule has 1 heteroatoms. The van der Waals surface area contributed by atoms with E-state index in [2.05, 4.69) is 157 Å². The lowest BCUT2D eigenvalue weighted by atomic mass is 9.98. The lowest BCUT2D eigenvalue weighted by Gasteiger charge is -2.27. The predicted octanol–water partition coefficient (Wildman–Crippen LogP) is 10.7. The number of rotatable bonds is 4. The van der Waals surface area contributed by atoms with Crippen LogP contribution in [0, 0.1) is 0 Å². The molecule has 0 heterocycles. The first-order valence-corrected chi connectivity index (χ1v) is 13.9. The zero-order valence-electron chi connectivity index (χ0n) is 22.1. The zero-order chi connectivity index (χ0) is 26.5. The molecule has 0 spiro atoms. The van der Waals surface area contributed by atoms with E-state index in [-0.39, 0.29) is 0 Å². The minimum atomic E-state index is 1.000. The highest BCUT2D eigenvalue weighted by atomic mass is 15.1. The highest BCUT2D eigenvalue weighted by molar-refractivity contribution is 6.00. The number of nitrogens with zero attached hydrogens (tertiary/aromatic N) is 1. The van der Waals surface area contributed by atoms with Gasteiger partial charge in [-0.1, -0.05) is 121 Å². The minimum absolute atomic E-state index is 1.000. The van der Waals surface area contributed by atoms with E-state index in [4.69, 9.17) is 0 Å². The lowest BCUT2D eigenvalue weighted by molar-refractivity contribution is 1.25. The van der Waals surface area contributed by atoms with Gasteiger partial charge in [-0.2, -0.15) is 0 Å². The van der Waals surface area contributed by atoms with Crippen molar-refractivity contribution in [1.82, 2.24) is 0 Å². The van der Waals surface area contributed by atoms with Crippen molar-refractivity contribution in [2.24, 2.45) is 0 Å². The van der Waals surface area contributed by atoms with Gasteiger partial charge in [0.25, 0.3) is 0 Å². The van der Waals surface area contributed by atoms with Crippen LogP contribution in [0.5, 0.6) is 0 Å². The Morgan fingerprint density at radius 1 is 0.400 bits per heavy atom. The molecule has 0 aliphatic heterocycles. The number of benzene rings is 7. The smallest absolute Gasteiger partial charge is 0.0540 e. The normalized spacial score (nSPS) is 11.9. The highest BCUT2D eigenvalue weighted by Gasteiger charge is 2.21. The van der Waals surface area contributed by atoms with Crippen molar-refractivity contribution in [3.63, 3.8) is 0 Å². The first kappa shape index (κ1) is 22.8. The Bertz CT molecular complexity index is 2020. The van der Waals surface area contributed by atoms with Crippen LogP contribution in [0.2, 0.25) is 0 Å². The molecular weight excluding hydrogens is 482 g/mol. The van der Waals surface area contributed by atoms with Gasteiger partial charge in [-0.15, -0.1) is 0 Å². The highest BCUT2D eigenvalue weighted by Crippen LogP contribution is 2.44. The Balaban J connectivity index is 1.30. The summed E-state index contributed by atoms with van der Waals surface area (Å²) in [4.78, 5) is 2.41. The van der Waals surface area contributed by atoms with Crippen molar-refractivity contribution in [3.05, 3.63) is 163 Å². The van der Waals surface area contributed by atoms with Gasteiger partial charge in [0.15, 0.2) is 0 Å². The molecule has 1 aliphatic carbocycles. The second-order valence-electron chi connectivity index (χ2n) is 10.6. The van der Waals surface area contributed by atoms with E-state index in [0.717, 1.165) is 12.1 Å². The predicted molar refractivity (Wildman–Crippen MR) is 170 cm³/mol. The summed E-state index contributed by atoms with van der Waals surface area (Å²) in [6.07, 6.45) is 1.000. The van der Waals surface area contributed by atoms with E-state index in [1.54, 1.807) is 0 Å². The van der Waals surface area contributed by atoms with Crippen LogP contribution in [0.25, 0.3) is 43.8 Å². The Kier molecular flexibility index (Phi) is 5.28. The molecule has 188 valence electrons. The SMILES string of the molecule is c1ccc2c(c1)Cc1ccc(N(c3ccc(-c4cccc5ccccc45)cc3)c3cccc4ccccc34)cc1-2. The molecule has 0 saturated carbocycles. The molecule has 7 aromatic carbocycles. The van der Waals surface area contributed by atoms with Gasteiger partial charge in [0.05, 0.1) is 5.69 Å². The summed E-state index contributed by atoms with van der Waals surface area (Å²) >= 11 is 0. The van der Waals surface area contributed by atoms with Gasteiger partial charge in [0.1, 0.15) is 0 Å². The second-order valence-corrected chi connectivity index (χ2v) is 10.6. The maximum Gasteiger partial charge on any atom is 0.0540 e. The molecule has 0 unspecified atom stereocenters. The Hall–Kier alpha value is -5.14. The first-order chi connectivity index (χ1) is 19.8. The van der Waals surface area contributed by atoms with Gasteiger partial charge >= 0.3 is 0 Å². The van der Waals surface area contributed by atoms with E-state index in [0.29, 0.717) is 0 Å². The molecule has 8 rings (SSSR count). The first-order valence-electron chi connectivity index (χ1n) is 13.9. The van der Waals surface area contributed by atoms with Crippen molar-refractivity contribution in [1.29, 1.82) is 0 Å². The summed E-state index contributed by atoms with van der Waals surface area (Å²) < 4.78 is 0. The van der Waals surface area contributed by atoms with Crippen LogP contribution in [0.15, 0.2) is 152 Å². The van der Waals surface area contributed by atoms with Crippen LogP contribution in [0.4, 0.5) is 17.1 Å². The van der Waals surface area contributed by atoms with Crippen LogP contribution >= 0.6 is 0 Å². The summed E-state index contributed by atoms with van der Waals surface area (Å²) in [5.74, 6) is 0. The van der Waals surface area contributed by atoms with Crippen molar-refractivity contribution < 1.29 is 0 Å². The summed E-state index contributed by atoms with van der Waals surface area (Å²) in [7, 11) is 0. The van der Waals surface area contributed by atoms with E-state index in [1.807, 2.05) is 0 Å². The van der Waals surface area contributed by atoms with Crippen molar-refractivity contribution in [3.8, 4) is 22.3 Å². The van der Waals surface area contributed by atoms with Crippen LogP contribution in [-0.2, 0) is 6.42 Å². The molecule has 0 atom stereocenters. The molecule has 1 nitrogen and oxygen atoms in total. The number of hydrogen-bond donors (Lipinski definition) is 0. The molecule has 0 N–H and O–H groups in total. The summed E-state index contributed by atoms with van der Waals surface area (Å²) in [5, 5.41) is 5.02. The van der Waals surface area contributed by atoms with Crippen LogP contribution in [0.3, 0.4) is 0 Å². The molecule has 0 fully saturated rings. The Morgan fingerprint density at radius 3 is 1.85 bits per heavy atom. The maximum absolute atomic E-state index is 2.41. The molecular formula is C39H27N. The number of hydrogen-bond acceptors (Lipinski definition) is 1. The Morgan fingerprint density at radius 2 is 1.00 bits per heavy atom. The van der Waals surface area contributed by atoms with Crippen molar-refractivity contribution in [2.75, 3.05) is 4.90 Å². The topological polar surface area (TPSA) is 3.24 Å². The van der Waals surface area contributed by atoms with Crippen LogP contribution < -0.4 is 4.90 Å².